The van der Waals surface area contributed by atoms with Gasteiger partial charge in [0.1, 0.15) is 24.7 Å². The van der Waals surface area contributed by atoms with E-state index in [1.54, 1.807) is 29.4 Å². The summed E-state index contributed by atoms with van der Waals surface area (Å²) in [6, 6.07) is 2.88. The van der Waals surface area contributed by atoms with Gasteiger partial charge in [-0.1, -0.05) is 34.6 Å². The van der Waals surface area contributed by atoms with Crippen molar-refractivity contribution in [2.75, 3.05) is 26.2 Å². The number of pyridine rings is 1. The number of nitriles is 1. The van der Waals surface area contributed by atoms with E-state index in [0.717, 1.165) is 31.5 Å². The van der Waals surface area contributed by atoms with Crippen LogP contribution in [0.15, 0.2) is 24.5 Å². The number of hydrogen-bond donors (Lipinski definition) is 3. The molecule has 0 bridgehead atoms. The van der Waals surface area contributed by atoms with Crippen LogP contribution in [0.2, 0.25) is 0 Å². The first-order valence-electron chi connectivity index (χ1n) is 15.3. The summed E-state index contributed by atoms with van der Waals surface area (Å²) < 4.78 is 5.40. The number of likely N-dealkylation sites (tertiary alicyclic amines) is 1. The van der Waals surface area contributed by atoms with Crippen LogP contribution in [0.5, 0.6) is 0 Å². The molecule has 3 N–H and O–H groups in total. The lowest BCUT2D eigenvalue weighted by Crippen LogP contribution is -2.58. The Morgan fingerprint density at radius 2 is 1.86 bits per heavy atom. The first-order chi connectivity index (χ1) is 20.5. The average molecular weight is 598 g/mol. The fraction of sp³-hybridized carbons (Fsp3) is 0.677. The molecule has 0 saturated carbocycles. The van der Waals surface area contributed by atoms with Crippen LogP contribution in [0.1, 0.15) is 72.3 Å². The zero-order valence-corrected chi connectivity index (χ0v) is 26.1. The minimum atomic E-state index is -0.966. The predicted molar refractivity (Wildman–Crippen MR) is 160 cm³/mol. The van der Waals surface area contributed by atoms with Gasteiger partial charge in [0.15, 0.2) is 0 Å². The molecule has 4 amide bonds. The molecule has 236 valence electrons. The van der Waals surface area contributed by atoms with Gasteiger partial charge in [0.2, 0.25) is 17.7 Å². The molecule has 0 aliphatic carbocycles. The van der Waals surface area contributed by atoms with Gasteiger partial charge in [-0.25, -0.2) is 4.79 Å². The van der Waals surface area contributed by atoms with Crippen LogP contribution in [0, 0.1) is 22.7 Å². The Balaban J connectivity index is 1.80. The molecular formula is C31H47N7O5. The van der Waals surface area contributed by atoms with E-state index in [1.165, 1.54) is 0 Å². The van der Waals surface area contributed by atoms with E-state index < -0.39 is 35.5 Å². The minimum Gasteiger partial charge on any atom is -0.445 e. The number of alkyl carbamates (subject to hydrolysis) is 1. The van der Waals surface area contributed by atoms with Gasteiger partial charge in [-0.05, 0) is 68.3 Å². The number of aromatic nitrogens is 1. The summed E-state index contributed by atoms with van der Waals surface area (Å²) >= 11 is 0. The smallest absolute Gasteiger partial charge is 0.408 e. The van der Waals surface area contributed by atoms with Crippen LogP contribution in [0.25, 0.3) is 0 Å². The summed E-state index contributed by atoms with van der Waals surface area (Å²) in [5.74, 6) is -1.26. The number of nitrogens with one attached hydrogen (secondary N) is 3. The van der Waals surface area contributed by atoms with Gasteiger partial charge in [0.05, 0.1) is 6.07 Å². The minimum absolute atomic E-state index is 0.0216. The average Bonchev–Trinajstić information content (AvgIpc) is 3.60. The predicted octanol–water partition coefficient (Wildman–Crippen LogP) is 2.35. The van der Waals surface area contributed by atoms with Crippen molar-refractivity contribution in [3.63, 3.8) is 0 Å². The standard InChI is InChI=1S/C31H47N7O5/c1-6-14-37(15-7-2)24-17-25(28(40)35-23(18-32)16-22-10-13-34-27(22)39)38(19-24)29(41)26(31(3,4)5)36-30(42)43-20-21-8-11-33-12-9-21/h8-9,11-12,22-26H,6-7,10,13-17,19-20H2,1-5H3,(H,34,39)(H,35,40)(H,36,42)/t22-,23?,24+,25-,26+/m0/s1. The highest BCUT2D eigenvalue weighted by molar-refractivity contribution is 5.92. The molecule has 3 heterocycles. The van der Waals surface area contributed by atoms with Crippen molar-refractivity contribution in [1.29, 1.82) is 5.26 Å². The van der Waals surface area contributed by atoms with Gasteiger partial charge in [-0.15, -0.1) is 0 Å². The summed E-state index contributed by atoms with van der Waals surface area (Å²) in [6.45, 7) is 12.3. The van der Waals surface area contributed by atoms with Crippen LogP contribution < -0.4 is 16.0 Å². The van der Waals surface area contributed by atoms with E-state index in [9.17, 15) is 24.4 Å². The molecule has 0 spiro atoms. The third-order valence-corrected chi connectivity index (χ3v) is 8.05. The second-order valence-corrected chi connectivity index (χ2v) is 12.5. The van der Waals surface area contributed by atoms with Crippen molar-refractivity contribution < 1.29 is 23.9 Å². The number of rotatable bonds is 13. The second-order valence-electron chi connectivity index (χ2n) is 12.5. The number of amides is 4. The molecule has 1 unspecified atom stereocenters. The molecule has 12 heteroatoms. The van der Waals surface area contributed by atoms with Crippen LogP contribution in [-0.2, 0) is 25.7 Å². The molecular weight excluding hydrogens is 550 g/mol. The fourth-order valence-electron chi connectivity index (χ4n) is 5.79. The molecule has 2 saturated heterocycles. The first-order valence-corrected chi connectivity index (χ1v) is 15.3. The maximum atomic E-state index is 14.2. The van der Waals surface area contributed by atoms with E-state index >= 15 is 0 Å². The molecule has 2 aliphatic rings. The van der Waals surface area contributed by atoms with Crippen molar-refractivity contribution in [2.24, 2.45) is 11.3 Å². The van der Waals surface area contributed by atoms with E-state index in [2.05, 4.69) is 45.8 Å². The van der Waals surface area contributed by atoms with Crippen LogP contribution in [0.4, 0.5) is 4.79 Å². The lowest BCUT2D eigenvalue weighted by Gasteiger charge is -2.35. The van der Waals surface area contributed by atoms with Crippen molar-refractivity contribution in [3.8, 4) is 6.07 Å². The van der Waals surface area contributed by atoms with E-state index in [1.807, 2.05) is 20.8 Å². The SMILES string of the molecule is CCCN(CCC)[C@@H]1C[C@@H](C(=O)NC(C#N)C[C@@H]2CCNC2=O)N(C(=O)[C@@H](NC(=O)OCc2ccncc2)C(C)(C)C)C1. The molecule has 12 nitrogen and oxygen atoms in total. The third-order valence-electron chi connectivity index (χ3n) is 8.05. The van der Waals surface area contributed by atoms with E-state index in [0.29, 0.717) is 25.9 Å². The molecule has 2 aliphatic heterocycles. The number of carbonyl (C=O) groups excluding carboxylic acids is 4. The zero-order chi connectivity index (χ0) is 31.6. The van der Waals surface area contributed by atoms with Gasteiger partial charge in [-0.3, -0.25) is 24.3 Å². The molecule has 2 fully saturated rings. The molecule has 1 aromatic rings. The monoisotopic (exact) mass is 597 g/mol. The fourth-order valence-corrected chi connectivity index (χ4v) is 5.79. The number of nitrogens with zero attached hydrogens (tertiary/aromatic N) is 4. The largest absolute Gasteiger partial charge is 0.445 e. The summed E-state index contributed by atoms with van der Waals surface area (Å²) in [5, 5.41) is 18.1. The number of carbonyl (C=O) groups is 4. The molecule has 5 atom stereocenters. The second kappa shape index (κ2) is 15.7. The van der Waals surface area contributed by atoms with Crippen molar-refractivity contribution in [3.05, 3.63) is 30.1 Å². The molecule has 1 aromatic heterocycles. The van der Waals surface area contributed by atoms with Gasteiger partial charge in [0.25, 0.3) is 0 Å². The Labute approximate surface area is 254 Å². The summed E-state index contributed by atoms with van der Waals surface area (Å²) in [4.78, 5) is 60.7. The van der Waals surface area contributed by atoms with Gasteiger partial charge in [-0.2, -0.15) is 5.26 Å². The Morgan fingerprint density at radius 1 is 1.19 bits per heavy atom. The summed E-state index contributed by atoms with van der Waals surface area (Å²) in [5.41, 5.74) is 0.0700. The van der Waals surface area contributed by atoms with E-state index in [4.69, 9.17) is 4.74 Å². The third kappa shape index (κ3) is 9.38. The lowest BCUT2D eigenvalue weighted by atomic mass is 9.85. The number of hydrogen-bond acceptors (Lipinski definition) is 8. The van der Waals surface area contributed by atoms with Gasteiger partial charge >= 0.3 is 6.09 Å². The van der Waals surface area contributed by atoms with Crippen molar-refractivity contribution in [2.45, 2.75) is 97.5 Å². The molecule has 0 radical (unpaired) electrons. The van der Waals surface area contributed by atoms with Gasteiger partial charge < -0.3 is 25.6 Å². The van der Waals surface area contributed by atoms with Crippen molar-refractivity contribution >= 4 is 23.8 Å². The Hall–Kier alpha value is -3.72. The van der Waals surface area contributed by atoms with Gasteiger partial charge in [0, 0.05) is 37.4 Å². The molecule has 3 rings (SSSR count). The highest BCUT2D eigenvalue weighted by Crippen LogP contribution is 2.29. The highest BCUT2D eigenvalue weighted by Gasteiger charge is 2.46. The molecule has 0 aromatic carbocycles. The van der Waals surface area contributed by atoms with Crippen molar-refractivity contribution in [1.82, 2.24) is 30.7 Å². The Kier molecular flexibility index (Phi) is 12.3. The summed E-state index contributed by atoms with van der Waals surface area (Å²) in [7, 11) is 0. The highest BCUT2D eigenvalue weighted by atomic mass is 16.5. The quantitative estimate of drug-likeness (QED) is 0.313. The maximum Gasteiger partial charge on any atom is 0.408 e. The summed E-state index contributed by atoms with van der Waals surface area (Å²) in [6.07, 6.45) is 5.56. The van der Waals surface area contributed by atoms with Crippen LogP contribution >= 0.6 is 0 Å². The Morgan fingerprint density at radius 3 is 2.42 bits per heavy atom. The number of ether oxygens (including phenoxy) is 1. The molecule has 43 heavy (non-hydrogen) atoms. The maximum absolute atomic E-state index is 14.2. The first kappa shape index (κ1) is 33.8. The van der Waals surface area contributed by atoms with Crippen LogP contribution in [0.3, 0.4) is 0 Å². The van der Waals surface area contributed by atoms with Crippen LogP contribution in [-0.4, -0.2) is 88.9 Å². The topological polar surface area (TPSA) is 157 Å². The Bertz CT molecular complexity index is 1140. The zero-order valence-electron chi connectivity index (χ0n) is 26.1. The normalized spacial score (nSPS) is 21.6. The van der Waals surface area contributed by atoms with E-state index in [-0.39, 0.29) is 36.8 Å². The lowest BCUT2D eigenvalue weighted by molar-refractivity contribution is -0.142.